The number of likely N-dealkylation sites (N-methyl/N-ethyl adjacent to an activating group) is 2. The molecule has 6 nitrogen and oxygen atoms in total. The Balaban J connectivity index is 1.99. The molecule has 32 heavy (non-hydrogen) atoms. The first-order valence-corrected chi connectivity index (χ1v) is 11.5. The minimum Gasteiger partial charge on any atom is -0.492 e. The third kappa shape index (κ3) is 7.77. The Labute approximate surface area is 192 Å². The van der Waals surface area contributed by atoms with Crippen LogP contribution in [0.2, 0.25) is 0 Å². The SMILES string of the molecule is CCN(CC)CCOc1cccc(C(=O)C(=O)c2cccc(OCCN(CC)CC)c2)c1. The van der Waals surface area contributed by atoms with E-state index in [1.807, 2.05) is 0 Å². The summed E-state index contributed by atoms with van der Waals surface area (Å²) in [5.74, 6) is 0.0625. The summed E-state index contributed by atoms with van der Waals surface area (Å²) in [4.78, 5) is 30.1. The van der Waals surface area contributed by atoms with Crippen LogP contribution in [0, 0.1) is 0 Å². The van der Waals surface area contributed by atoms with Crippen molar-refractivity contribution in [1.29, 1.82) is 0 Å². The van der Waals surface area contributed by atoms with Gasteiger partial charge >= 0.3 is 0 Å². The standard InChI is InChI=1S/C26H36N2O4/c1-5-27(6-2)15-17-31-23-13-9-11-21(19-23)25(29)26(30)22-12-10-14-24(20-22)32-18-16-28(7-3)8-4/h9-14,19-20H,5-8,15-18H2,1-4H3. The Hall–Kier alpha value is -2.70. The average molecular weight is 441 g/mol. The second-order valence-corrected chi connectivity index (χ2v) is 7.46. The van der Waals surface area contributed by atoms with E-state index in [0.717, 1.165) is 39.3 Å². The molecule has 0 N–H and O–H groups in total. The highest BCUT2D eigenvalue weighted by atomic mass is 16.5. The first-order valence-electron chi connectivity index (χ1n) is 11.5. The lowest BCUT2D eigenvalue weighted by Crippen LogP contribution is -2.28. The Morgan fingerprint density at radius 1 is 0.656 bits per heavy atom. The zero-order chi connectivity index (χ0) is 23.3. The highest BCUT2D eigenvalue weighted by Gasteiger charge is 2.19. The number of hydrogen-bond donors (Lipinski definition) is 0. The van der Waals surface area contributed by atoms with Crippen LogP contribution in [0.4, 0.5) is 0 Å². The molecule has 2 rings (SSSR count). The summed E-state index contributed by atoms with van der Waals surface area (Å²) < 4.78 is 11.6. The fourth-order valence-electron chi connectivity index (χ4n) is 3.38. The Bertz CT molecular complexity index is 789. The Morgan fingerprint density at radius 3 is 1.38 bits per heavy atom. The lowest BCUT2D eigenvalue weighted by molar-refractivity contribution is 0.0816. The molecule has 0 aliphatic heterocycles. The molecule has 0 spiro atoms. The van der Waals surface area contributed by atoms with E-state index in [2.05, 4.69) is 37.5 Å². The Morgan fingerprint density at radius 2 is 1.03 bits per heavy atom. The fraction of sp³-hybridized carbons (Fsp3) is 0.462. The molecule has 0 aliphatic rings. The van der Waals surface area contributed by atoms with Crippen LogP contribution in [0.25, 0.3) is 0 Å². The number of ether oxygens (including phenoxy) is 2. The summed E-state index contributed by atoms with van der Waals surface area (Å²) in [5.41, 5.74) is 0.645. The number of carbonyl (C=O) groups excluding carboxylic acids is 2. The van der Waals surface area contributed by atoms with Gasteiger partial charge in [-0.3, -0.25) is 9.59 Å². The summed E-state index contributed by atoms with van der Waals surface area (Å²) in [6.07, 6.45) is 0. The van der Waals surface area contributed by atoms with Gasteiger partial charge in [0.15, 0.2) is 0 Å². The summed E-state index contributed by atoms with van der Waals surface area (Å²) >= 11 is 0. The normalized spacial score (nSPS) is 11.1. The lowest BCUT2D eigenvalue weighted by Gasteiger charge is -2.18. The molecule has 0 amide bonds. The Kier molecular flexibility index (Phi) is 10.9. The van der Waals surface area contributed by atoms with Crippen LogP contribution >= 0.6 is 0 Å². The smallest absolute Gasteiger partial charge is 0.233 e. The van der Waals surface area contributed by atoms with Crippen molar-refractivity contribution in [3.05, 3.63) is 59.7 Å². The van der Waals surface area contributed by atoms with Gasteiger partial charge in [-0.05, 0) is 50.4 Å². The van der Waals surface area contributed by atoms with Crippen molar-refractivity contribution >= 4 is 11.6 Å². The van der Waals surface area contributed by atoms with Gasteiger partial charge in [-0.2, -0.15) is 0 Å². The van der Waals surface area contributed by atoms with Crippen molar-refractivity contribution in [3.8, 4) is 11.5 Å². The molecule has 0 bridgehead atoms. The summed E-state index contributed by atoms with van der Waals surface area (Å²) in [7, 11) is 0. The van der Waals surface area contributed by atoms with Gasteiger partial charge in [0.1, 0.15) is 24.7 Å². The van der Waals surface area contributed by atoms with Crippen molar-refractivity contribution in [3.63, 3.8) is 0 Å². The van der Waals surface area contributed by atoms with Crippen LogP contribution in [0.15, 0.2) is 48.5 Å². The number of benzene rings is 2. The van der Waals surface area contributed by atoms with E-state index < -0.39 is 11.6 Å². The molecular weight excluding hydrogens is 404 g/mol. The second-order valence-electron chi connectivity index (χ2n) is 7.46. The van der Waals surface area contributed by atoms with E-state index in [4.69, 9.17) is 9.47 Å². The number of rotatable bonds is 15. The number of ketones is 2. The predicted molar refractivity (Wildman–Crippen MR) is 128 cm³/mol. The van der Waals surface area contributed by atoms with Crippen LogP contribution in [-0.2, 0) is 0 Å². The van der Waals surface area contributed by atoms with Gasteiger partial charge in [-0.15, -0.1) is 0 Å². The van der Waals surface area contributed by atoms with Gasteiger partial charge in [0, 0.05) is 24.2 Å². The minimum absolute atomic E-state index is 0.322. The molecular formula is C26H36N2O4. The van der Waals surface area contributed by atoms with E-state index in [9.17, 15) is 9.59 Å². The largest absolute Gasteiger partial charge is 0.492 e. The van der Waals surface area contributed by atoms with Crippen molar-refractivity contribution in [1.82, 2.24) is 9.80 Å². The highest BCUT2D eigenvalue weighted by Crippen LogP contribution is 2.18. The average Bonchev–Trinajstić information content (AvgIpc) is 2.84. The molecule has 0 saturated heterocycles. The maximum atomic E-state index is 12.8. The van der Waals surface area contributed by atoms with Crippen LogP contribution < -0.4 is 9.47 Å². The quantitative estimate of drug-likeness (QED) is 0.306. The van der Waals surface area contributed by atoms with Crippen LogP contribution in [-0.4, -0.2) is 73.8 Å². The van der Waals surface area contributed by atoms with Crippen LogP contribution in [0.1, 0.15) is 48.4 Å². The molecule has 0 aromatic heterocycles. The molecule has 0 heterocycles. The molecule has 0 radical (unpaired) electrons. The van der Waals surface area contributed by atoms with Gasteiger partial charge in [0.2, 0.25) is 11.6 Å². The number of carbonyl (C=O) groups is 2. The summed E-state index contributed by atoms with van der Waals surface area (Å²) in [6.45, 7) is 15.0. The van der Waals surface area contributed by atoms with Crippen molar-refractivity contribution in [2.75, 3.05) is 52.5 Å². The molecule has 0 unspecified atom stereocenters. The van der Waals surface area contributed by atoms with E-state index >= 15 is 0 Å². The minimum atomic E-state index is -0.556. The maximum Gasteiger partial charge on any atom is 0.233 e. The van der Waals surface area contributed by atoms with Crippen molar-refractivity contribution in [2.24, 2.45) is 0 Å². The maximum absolute atomic E-state index is 12.8. The number of Topliss-reactive ketones (excluding diaryl/α,β-unsaturated/α-hetero) is 2. The second kappa shape index (κ2) is 13.7. The molecule has 0 saturated carbocycles. The lowest BCUT2D eigenvalue weighted by atomic mass is 10.0. The molecule has 2 aromatic carbocycles. The van der Waals surface area contributed by atoms with Gasteiger partial charge in [-0.25, -0.2) is 0 Å². The third-order valence-electron chi connectivity index (χ3n) is 5.54. The van der Waals surface area contributed by atoms with Crippen LogP contribution in [0.5, 0.6) is 11.5 Å². The van der Waals surface area contributed by atoms with Crippen molar-refractivity contribution < 1.29 is 19.1 Å². The van der Waals surface area contributed by atoms with Gasteiger partial charge in [-0.1, -0.05) is 52.0 Å². The molecule has 0 fully saturated rings. The van der Waals surface area contributed by atoms with E-state index in [1.54, 1.807) is 48.5 Å². The van der Waals surface area contributed by atoms with Crippen molar-refractivity contribution in [2.45, 2.75) is 27.7 Å². The van der Waals surface area contributed by atoms with E-state index in [1.165, 1.54) is 0 Å². The molecule has 174 valence electrons. The van der Waals surface area contributed by atoms with Crippen LogP contribution in [0.3, 0.4) is 0 Å². The summed E-state index contributed by atoms with van der Waals surface area (Å²) in [5, 5.41) is 0. The summed E-state index contributed by atoms with van der Waals surface area (Å²) in [6, 6.07) is 13.6. The fourth-order valence-corrected chi connectivity index (χ4v) is 3.38. The molecule has 0 atom stereocenters. The number of nitrogens with zero attached hydrogens (tertiary/aromatic N) is 2. The van der Waals surface area contributed by atoms with E-state index in [0.29, 0.717) is 35.8 Å². The van der Waals surface area contributed by atoms with Gasteiger partial charge < -0.3 is 19.3 Å². The van der Waals surface area contributed by atoms with E-state index in [-0.39, 0.29) is 0 Å². The van der Waals surface area contributed by atoms with Gasteiger partial charge in [0.25, 0.3) is 0 Å². The third-order valence-corrected chi connectivity index (χ3v) is 5.54. The zero-order valence-corrected chi connectivity index (χ0v) is 19.8. The molecule has 0 aliphatic carbocycles. The molecule has 6 heteroatoms. The first-order chi connectivity index (χ1) is 15.5. The number of hydrogen-bond acceptors (Lipinski definition) is 6. The first kappa shape index (κ1) is 25.6. The monoisotopic (exact) mass is 440 g/mol. The predicted octanol–water partition coefficient (Wildman–Crippen LogP) is 4.19. The molecule has 2 aromatic rings. The van der Waals surface area contributed by atoms with Gasteiger partial charge in [0.05, 0.1) is 0 Å². The highest BCUT2D eigenvalue weighted by molar-refractivity contribution is 6.49. The topological polar surface area (TPSA) is 59.1 Å². The zero-order valence-electron chi connectivity index (χ0n) is 19.8.